The Morgan fingerprint density at radius 1 is 1.20 bits per heavy atom. The van der Waals surface area contributed by atoms with Gasteiger partial charge < -0.3 is 15.4 Å². The molecule has 1 atom stereocenters. The van der Waals surface area contributed by atoms with Crippen molar-refractivity contribution in [1.29, 1.82) is 0 Å². The minimum Gasteiger partial charge on any atom is -0.483 e. The molecule has 0 fully saturated rings. The smallest absolute Gasteiger partial charge is 0.262 e. The molecule has 2 aromatic carbocycles. The maximum atomic E-state index is 12.1. The Morgan fingerprint density at radius 2 is 1.92 bits per heavy atom. The molecular weight excluding hydrogens is 336 g/mol. The van der Waals surface area contributed by atoms with Gasteiger partial charge in [-0.1, -0.05) is 36.2 Å². The topological polar surface area (TPSA) is 50.4 Å². The van der Waals surface area contributed by atoms with E-state index in [4.69, 9.17) is 16.3 Å². The van der Waals surface area contributed by atoms with E-state index in [-0.39, 0.29) is 12.5 Å². The van der Waals surface area contributed by atoms with Gasteiger partial charge in [-0.05, 0) is 50.6 Å². The number of nitrogens with one attached hydrogen (secondary N) is 2. The van der Waals surface area contributed by atoms with Crippen LogP contribution in [0.15, 0.2) is 42.5 Å². The third-order valence-corrected chi connectivity index (χ3v) is 4.21. The summed E-state index contributed by atoms with van der Waals surface area (Å²) in [7, 11) is 0. The number of carbonyl (C=O) groups is 1. The largest absolute Gasteiger partial charge is 0.483 e. The van der Waals surface area contributed by atoms with Gasteiger partial charge in [-0.2, -0.15) is 0 Å². The first-order valence-electron chi connectivity index (χ1n) is 8.49. The number of carbonyl (C=O) groups excluding carboxylic acids is 1. The highest BCUT2D eigenvalue weighted by molar-refractivity contribution is 6.30. The molecule has 2 rings (SSSR count). The van der Waals surface area contributed by atoms with E-state index in [0.717, 1.165) is 23.2 Å². The van der Waals surface area contributed by atoms with Gasteiger partial charge in [0.05, 0.1) is 0 Å². The van der Waals surface area contributed by atoms with Crippen LogP contribution in [-0.4, -0.2) is 18.6 Å². The van der Waals surface area contributed by atoms with Gasteiger partial charge in [-0.15, -0.1) is 0 Å². The maximum absolute atomic E-state index is 12.1. The Kier molecular flexibility index (Phi) is 7.29. The van der Waals surface area contributed by atoms with Crippen molar-refractivity contribution >= 4 is 23.2 Å². The number of halogens is 1. The molecule has 1 amide bonds. The Balaban J connectivity index is 1.94. The molecule has 2 N–H and O–H groups in total. The van der Waals surface area contributed by atoms with Crippen LogP contribution in [0.2, 0.25) is 5.02 Å². The maximum Gasteiger partial charge on any atom is 0.262 e. The van der Waals surface area contributed by atoms with Gasteiger partial charge >= 0.3 is 0 Å². The lowest BCUT2D eigenvalue weighted by atomic mass is 10.1. The number of aryl methyl sites for hydroxylation is 1. The second kappa shape index (κ2) is 9.44. The Bertz CT molecular complexity index is 701. The van der Waals surface area contributed by atoms with Crippen molar-refractivity contribution in [3.8, 4) is 5.75 Å². The monoisotopic (exact) mass is 360 g/mol. The highest BCUT2D eigenvalue weighted by atomic mass is 35.5. The van der Waals surface area contributed by atoms with E-state index >= 15 is 0 Å². The SMILES string of the molecule is CC[C@H](C)NCc1cc(Cl)ccc1OCC(=O)Nc1ccc(C)cc1. The molecule has 0 aliphatic rings. The Labute approximate surface area is 154 Å². The highest BCUT2D eigenvalue weighted by Crippen LogP contribution is 2.23. The lowest BCUT2D eigenvalue weighted by Gasteiger charge is -2.15. The van der Waals surface area contributed by atoms with Gasteiger partial charge in [-0.3, -0.25) is 4.79 Å². The summed E-state index contributed by atoms with van der Waals surface area (Å²) in [4.78, 5) is 12.1. The zero-order valence-corrected chi connectivity index (χ0v) is 15.7. The van der Waals surface area contributed by atoms with Gasteiger partial charge in [0.25, 0.3) is 5.91 Å². The van der Waals surface area contributed by atoms with E-state index in [0.29, 0.717) is 23.4 Å². The predicted octanol–water partition coefficient (Wildman–Crippen LogP) is 4.55. The standard InChI is InChI=1S/C20H25ClN2O2/c1-4-15(3)22-12-16-11-17(21)7-10-19(16)25-13-20(24)23-18-8-5-14(2)6-9-18/h5-11,15,22H,4,12-13H2,1-3H3,(H,23,24)/t15-/m0/s1. The molecule has 5 heteroatoms. The molecule has 0 heterocycles. The molecule has 0 aromatic heterocycles. The van der Waals surface area contributed by atoms with E-state index in [2.05, 4.69) is 24.5 Å². The Morgan fingerprint density at radius 3 is 2.60 bits per heavy atom. The molecule has 4 nitrogen and oxygen atoms in total. The van der Waals surface area contributed by atoms with Gasteiger partial charge in [0, 0.05) is 28.9 Å². The van der Waals surface area contributed by atoms with Crippen LogP contribution >= 0.6 is 11.6 Å². The van der Waals surface area contributed by atoms with Gasteiger partial charge in [0.15, 0.2) is 6.61 Å². The predicted molar refractivity (Wildman–Crippen MR) is 103 cm³/mol. The van der Waals surface area contributed by atoms with Crippen LogP contribution < -0.4 is 15.4 Å². The summed E-state index contributed by atoms with van der Waals surface area (Å²) in [6, 6.07) is 13.5. The first-order chi connectivity index (χ1) is 12.0. The third kappa shape index (κ3) is 6.40. The number of hydrogen-bond donors (Lipinski definition) is 2. The van der Waals surface area contributed by atoms with Crippen molar-refractivity contribution in [2.75, 3.05) is 11.9 Å². The summed E-state index contributed by atoms with van der Waals surface area (Å²) in [5.41, 5.74) is 2.85. The van der Waals surface area contributed by atoms with Crippen LogP contribution in [-0.2, 0) is 11.3 Å². The zero-order chi connectivity index (χ0) is 18.2. The number of rotatable bonds is 8. The van der Waals surface area contributed by atoms with Crippen LogP contribution in [0.4, 0.5) is 5.69 Å². The summed E-state index contributed by atoms with van der Waals surface area (Å²) in [6.07, 6.45) is 1.04. The molecule has 0 aliphatic carbocycles. The molecule has 2 aromatic rings. The average molecular weight is 361 g/mol. The number of anilines is 1. The van der Waals surface area contributed by atoms with Crippen molar-refractivity contribution in [2.24, 2.45) is 0 Å². The van der Waals surface area contributed by atoms with Gasteiger partial charge in [0.2, 0.25) is 0 Å². The molecule has 134 valence electrons. The first-order valence-corrected chi connectivity index (χ1v) is 8.87. The second-order valence-electron chi connectivity index (χ2n) is 6.15. The summed E-state index contributed by atoms with van der Waals surface area (Å²) in [6.45, 7) is 6.85. The van der Waals surface area contributed by atoms with E-state index in [1.54, 1.807) is 12.1 Å². The van der Waals surface area contributed by atoms with E-state index in [1.165, 1.54) is 0 Å². The summed E-state index contributed by atoms with van der Waals surface area (Å²) in [5, 5.41) is 6.88. The van der Waals surface area contributed by atoms with Gasteiger partial charge in [0.1, 0.15) is 5.75 Å². The minimum absolute atomic E-state index is 0.0498. The van der Waals surface area contributed by atoms with Crippen molar-refractivity contribution < 1.29 is 9.53 Å². The fourth-order valence-electron chi connectivity index (χ4n) is 2.23. The molecule has 0 saturated carbocycles. The van der Waals surface area contributed by atoms with Crippen LogP contribution in [0.25, 0.3) is 0 Å². The lowest BCUT2D eigenvalue weighted by molar-refractivity contribution is -0.118. The van der Waals surface area contributed by atoms with Crippen molar-refractivity contribution in [3.05, 3.63) is 58.6 Å². The fraction of sp³-hybridized carbons (Fsp3) is 0.350. The highest BCUT2D eigenvalue weighted by Gasteiger charge is 2.09. The molecular formula is C20H25ClN2O2. The number of benzene rings is 2. The van der Waals surface area contributed by atoms with Crippen molar-refractivity contribution in [2.45, 2.75) is 39.8 Å². The van der Waals surface area contributed by atoms with Crippen LogP contribution in [0.5, 0.6) is 5.75 Å². The van der Waals surface area contributed by atoms with E-state index in [9.17, 15) is 4.79 Å². The normalized spacial score (nSPS) is 11.8. The molecule has 0 saturated heterocycles. The van der Waals surface area contributed by atoms with Crippen LogP contribution in [0, 0.1) is 6.92 Å². The van der Waals surface area contributed by atoms with E-state index in [1.807, 2.05) is 37.3 Å². The average Bonchev–Trinajstić information content (AvgIpc) is 2.60. The van der Waals surface area contributed by atoms with Crippen LogP contribution in [0.3, 0.4) is 0 Å². The number of hydrogen-bond acceptors (Lipinski definition) is 3. The molecule has 0 bridgehead atoms. The molecule has 25 heavy (non-hydrogen) atoms. The lowest BCUT2D eigenvalue weighted by Crippen LogP contribution is -2.25. The van der Waals surface area contributed by atoms with Gasteiger partial charge in [-0.25, -0.2) is 0 Å². The summed E-state index contributed by atoms with van der Waals surface area (Å²) in [5.74, 6) is 0.471. The second-order valence-corrected chi connectivity index (χ2v) is 6.58. The van der Waals surface area contributed by atoms with Crippen molar-refractivity contribution in [1.82, 2.24) is 5.32 Å². The number of amides is 1. The fourth-order valence-corrected chi connectivity index (χ4v) is 2.43. The summed E-state index contributed by atoms with van der Waals surface area (Å²) >= 11 is 6.09. The van der Waals surface area contributed by atoms with Crippen LogP contribution in [0.1, 0.15) is 31.4 Å². The number of ether oxygens (including phenoxy) is 1. The first kappa shape index (κ1) is 19.3. The molecule has 0 unspecified atom stereocenters. The van der Waals surface area contributed by atoms with E-state index < -0.39 is 0 Å². The molecule has 0 aliphatic heterocycles. The third-order valence-electron chi connectivity index (χ3n) is 3.97. The van der Waals surface area contributed by atoms with Crippen molar-refractivity contribution in [3.63, 3.8) is 0 Å². The minimum atomic E-state index is -0.195. The molecule has 0 radical (unpaired) electrons. The zero-order valence-electron chi connectivity index (χ0n) is 14.9. The summed E-state index contributed by atoms with van der Waals surface area (Å²) < 4.78 is 5.71. The molecule has 0 spiro atoms. The Hall–Kier alpha value is -2.04. The quantitative estimate of drug-likeness (QED) is 0.725.